The van der Waals surface area contributed by atoms with E-state index in [1.807, 2.05) is 0 Å². The molecule has 1 N–H and O–H groups in total. The van der Waals surface area contributed by atoms with Gasteiger partial charge in [0, 0.05) is 5.38 Å². The van der Waals surface area contributed by atoms with Crippen molar-refractivity contribution in [2.24, 2.45) is 0 Å². The summed E-state index contributed by atoms with van der Waals surface area (Å²) < 4.78 is 30.3. The molecule has 17 heavy (non-hydrogen) atoms. The van der Waals surface area contributed by atoms with Crippen molar-refractivity contribution in [3.63, 3.8) is 0 Å². The van der Waals surface area contributed by atoms with E-state index in [9.17, 15) is 8.78 Å². The third kappa shape index (κ3) is 2.83. The van der Waals surface area contributed by atoms with Crippen LogP contribution in [0.15, 0.2) is 23.6 Å². The minimum atomic E-state index is -0.437. The highest BCUT2D eigenvalue weighted by Gasteiger charge is 2.15. The van der Waals surface area contributed by atoms with Gasteiger partial charge in [-0.3, -0.25) is 0 Å². The molecule has 2 rings (SSSR count). The summed E-state index contributed by atoms with van der Waals surface area (Å²) >= 11 is 1.23. The fourth-order valence-electron chi connectivity index (χ4n) is 1.60. The third-order valence-electron chi connectivity index (χ3n) is 2.51. The fraction of sp³-hybridized carbons (Fsp3) is 0.273. The number of likely N-dealkylation sites (N-methyl/N-ethyl adjacent to an activating group) is 1. The van der Waals surface area contributed by atoms with E-state index in [-0.39, 0.29) is 6.04 Å². The number of nitrogens with zero attached hydrogens (tertiary/aromatic N) is 2. The van der Waals surface area contributed by atoms with Gasteiger partial charge in [0.1, 0.15) is 11.6 Å². The summed E-state index contributed by atoms with van der Waals surface area (Å²) in [7, 11) is 1.75. The average Bonchev–Trinajstić information content (AvgIpc) is 2.84. The van der Waals surface area contributed by atoms with Gasteiger partial charge in [0.25, 0.3) is 0 Å². The maximum absolute atomic E-state index is 13.5. The van der Waals surface area contributed by atoms with Crippen LogP contribution in [0.1, 0.15) is 17.3 Å². The summed E-state index contributed by atoms with van der Waals surface area (Å²) in [6.07, 6.45) is 0.339. The van der Waals surface area contributed by atoms with Gasteiger partial charge in [-0.05, 0) is 48.8 Å². The molecule has 1 aromatic carbocycles. The quantitative estimate of drug-likeness (QED) is 0.911. The number of nitrogens with one attached hydrogen (secondary N) is 1. The molecular formula is C11H11F2N3S. The van der Waals surface area contributed by atoms with Gasteiger partial charge in [-0.25, -0.2) is 8.78 Å². The Hall–Kier alpha value is -1.40. The maximum Gasteiger partial charge on any atom is 0.126 e. The molecule has 0 aliphatic rings. The molecule has 3 nitrogen and oxygen atoms in total. The second kappa shape index (κ2) is 5.29. The molecular weight excluding hydrogens is 244 g/mol. The first-order valence-electron chi connectivity index (χ1n) is 5.09. The minimum Gasteiger partial charge on any atom is -0.311 e. The molecule has 2 aromatic rings. The molecule has 0 amide bonds. The second-order valence-electron chi connectivity index (χ2n) is 3.61. The van der Waals surface area contributed by atoms with Crippen LogP contribution in [-0.4, -0.2) is 16.6 Å². The molecule has 1 aromatic heterocycles. The van der Waals surface area contributed by atoms with Crippen molar-refractivity contribution in [1.29, 1.82) is 0 Å². The van der Waals surface area contributed by atoms with Crippen LogP contribution in [0.3, 0.4) is 0 Å². The number of rotatable bonds is 4. The third-order valence-corrected chi connectivity index (χ3v) is 3.04. The Kier molecular flexibility index (Phi) is 3.75. The zero-order chi connectivity index (χ0) is 12.3. The van der Waals surface area contributed by atoms with E-state index in [1.165, 1.54) is 17.6 Å². The van der Waals surface area contributed by atoms with Crippen molar-refractivity contribution >= 4 is 11.5 Å². The van der Waals surface area contributed by atoms with Crippen molar-refractivity contribution in [1.82, 2.24) is 14.9 Å². The van der Waals surface area contributed by atoms with Crippen LogP contribution < -0.4 is 5.32 Å². The van der Waals surface area contributed by atoms with Gasteiger partial charge in [0.15, 0.2) is 0 Å². The van der Waals surface area contributed by atoms with E-state index in [0.717, 1.165) is 17.8 Å². The van der Waals surface area contributed by atoms with Crippen molar-refractivity contribution in [2.75, 3.05) is 7.05 Å². The molecule has 0 bridgehead atoms. The van der Waals surface area contributed by atoms with Crippen molar-refractivity contribution in [3.8, 4) is 0 Å². The van der Waals surface area contributed by atoms with Gasteiger partial charge in [-0.2, -0.15) is 0 Å². The van der Waals surface area contributed by atoms with Crippen LogP contribution in [-0.2, 0) is 6.42 Å². The Labute approximate surface area is 102 Å². The standard InChI is InChI=1S/C11H11F2N3S/c1-14-10(11-6-17-16-15-11)5-7-4-8(12)2-3-9(7)13/h2-4,6,10,14H,5H2,1H3. The smallest absolute Gasteiger partial charge is 0.126 e. The zero-order valence-corrected chi connectivity index (χ0v) is 9.97. The summed E-state index contributed by atoms with van der Waals surface area (Å²) in [5, 5.41) is 8.73. The number of halogens is 2. The van der Waals surface area contributed by atoms with E-state index in [4.69, 9.17) is 0 Å². The molecule has 0 saturated heterocycles. The molecule has 0 aliphatic carbocycles. The summed E-state index contributed by atoms with van der Waals surface area (Å²) in [5.74, 6) is -0.845. The average molecular weight is 255 g/mol. The minimum absolute atomic E-state index is 0.162. The largest absolute Gasteiger partial charge is 0.311 e. The summed E-state index contributed by atoms with van der Waals surface area (Å²) in [4.78, 5) is 0. The summed E-state index contributed by atoms with van der Waals surface area (Å²) in [5.41, 5.74) is 1.07. The molecule has 0 saturated carbocycles. The van der Waals surface area contributed by atoms with E-state index < -0.39 is 11.6 Å². The van der Waals surface area contributed by atoms with Gasteiger partial charge in [-0.1, -0.05) is 4.49 Å². The number of hydrogen-bond acceptors (Lipinski definition) is 4. The Morgan fingerprint density at radius 3 is 2.88 bits per heavy atom. The topological polar surface area (TPSA) is 37.8 Å². The first kappa shape index (κ1) is 12.1. The molecule has 1 unspecified atom stereocenters. The zero-order valence-electron chi connectivity index (χ0n) is 9.15. The Balaban J connectivity index is 2.21. The van der Waals surface area contributed by atoms with E-state index in [1.54, 1.807) is 12.4 Å². The molecule has 1 heterocycles. The highest BCUT2D eigenvalue weighted by molar-refractivity contribution is 7.03. The van der Waals surface area contributed by atoms with E-state index in [2.05, 4.69) is 14.9 Å². The monoisotopic (exact) mass is 255 g/mol. The van der Waals surface area contributed by atoms with Crippen LogP contribution in [0.25, 0.3) is 0 Å². The van der Waals surface area contributed by atoms with Crippen LogP contribution in [0.5, 0.6) is 0 Å². The first-order chi connectivity index (χ1) is 8.20. The lowest BCUT2D eigenvalue weighted by Crippen LogP contribution is -2.19. The highest BCUT2D eigenvalue weighted by atomic mass is 32.1. The molecule has 0 aliphatic heterocycles. The van der Waals surface area contributed by atoms with Gasteiger partial charge in [-0.15, -0.1) is 5.10 Å². The first-order valence-corrected chi connectivity index (χ1v) is 5.92. The Bertz CT molecular complexity index is 487. The molecule has 90 valence electrons. The molecule has 6 heteroatoms. The van der Waals surface area contributed by atoms with Crippen LogP contribution in [0.2, 0.25) is 0 Å². The number of aromatic nitrogens is 2. The van der Waals surface area contributed by atoms with Crippen molar-refractivity contribution in [2.45, 2.75) is 12.5 Å². The molecule has 0 radical (unpaired) electrons. The van der Waals surface area contributed by atoms with Gasteiger partial charge >= 0.3 is 0 Å². The fourth-order valence-corrected chi connectivity index (χ4v) is 2.11. The van der Waals surface area contributed by atoms with Gasteiger partial charge in [0.2, 0.25) is 0 Å². The predicted octanol–water partition coefficient (Wildman–Crippen LogP) is 2.32. The second-order valence-corrected chi connectivity index (χ2v) is 4.22. The number of benzene rings is 1. The lowest BCUT2D eigenvalue weighted by atomic mass is 10.0. The molecule has 1 atom stereocenters. The maximum atomic E-state index is 13.5. The van der Waals surface area contributed by atoms with Crippen LogP contribution in [0, 0.1) is 11.6 Å². The lowest BCUT2D eigenvalue weighted by molar-refractivity contribution is 0.535. The van der Waals surface area contributed by atoms with Gasteiger partial charge < -0.3 is 5.32 Å². The predicted molar refractivity (Wildman–Crippen MR) is 61.8 cm³/mol. The Morgan fingerprint density at radius 1 is 1.41 bits per heavy atom. The van der Waals surface area contributed by atoms with Crippen LogP contribution >= 0.6 is 11.5 Å². The van der Waals surface area contributed by atoms with Crippen molar-refractivity contribution in [3.05, 3.63) is 46.5 Å². The lowest BCUT2D eigenvalue weighted by Gasteiger charge is -2.13. The summed E-state index contributed by atoms with van der Waals surface area (Å²) in [6.45, 7) is 0. The van der Waals surface area contributed by atoms with Crippen LogP contribution in [0.4, 0.5) is 8.78 Å². The van der Waals surface area contributed by atoms with E-state index >= 15 is 0 Å². The summed E-state index contributed by atoms with van der Waals surface area (Å²) in [6, 6.07) is 3.29. The molecule has 0 spiro atoms. The highest BCUT2D eigenvalue weighted by Crippen LogP contribution is 2.19. The van der Waals surface area contributed by atoms with Crippen molar-refractivity contribution < 1.29 is 8.78 Å². The van der Waals surface area contributed by atoms with Gasteiger partial charge in [0.05, 0.1) is 11.7 Å². The number of hydrogen-bond donors (Lipinski definition) is 1. The SMILES string of the molecule is CNC(Cc1cc(F)ccc1F)c1csnn1. The Morgan fingerprint density at radius 2 is 2.24 bits per heavy atom. The van der Waals surface area contributed by atoms with E-state index in [0.29, 0.717) is 12.0 Å². The normalized spacial score (nSPS) is 12.6. The molecule has 0 fully saturated rings.